The monoisotopic (exact) mass is 254 g/mol. The summed E-state index contributed by atoms with van der Waals surface area (Å²) in [5.74, 6) is 0.394. The fourth-order valence-corrected chi connectivity index (χ4v) is 3.58. The van der Waals surface area contributed by atoms with Crippen molar-refractivity contribution in [3.8, 4) is 0 Å². The van der Waals surface area contributed by atoms with Crippen molar-refractivity contribution in [1.29, 1.82) is 0 Å². The van der Waals surface area contributed by atoms with Crippen LogP contribution in [-0.2, 0) is 14.3 Å². The predicted molar refractivity (Wildman–Crippen MR) is 70.5 cm³/mol. The van der Waals surface area contributed by atoms with Crippen LogP contribution in [0.2, 0.25) is 0 Å². The van der Waals surface area contributed by atoms with Crippen LogP contribution in [0.4, 0.5) is 0 Å². The molecule has 0 aromatic heterocycles. The van der Waals surface area contributed by atoms with Gasteiger partial charge in [-0.15, -0.1) is 0 Å². The maximum Gasteiger partial charge on any atom is 0.144 e. The summed E-state index contributed by atoms with van der Waals surface area (Å²) < 4.78 is 12.0. The van der Waals surface area contributed by atoms with Crippen LogP contribution in [-0.4, -0.2) is 30.2 Å². The van der Waals surface area contributed by atoms with Gasteiger partial charge in [-0.05, 0) is 39.5 Å². The quantitative estimate of drug-likeness (QED) is 0.773. The van der Waals surface area contributed by atoms with E-state index in [4.69, 9.17) is 9.47 Å². The molecule has 3 unspecified atom stereocenters. The SMILES string of the molecule is CCC1(CC)C(=O)CC1OC1CC(C)OC(C)C1. The van der Waals surface area contributed by atoms with Crippen molar-refractivity contribution in [1.82, 2.24) is 0 Å². The van der Waals surface area contributed by atoms with Gasteiger partial charge in [0, 0.05) is 6.42 Å². The summed E-state index contributed by atoms with van der Waals surface area (Å²) in [6, 6.07) is 0. The van der Waals surface area contributed by atoms with E-state index in [-0.39, 0.29) is 29.8 Å². The summed E-state index contributed by atoms with van der Waals surface area (Å²) >= 11 is 0. The summed E-state index contributed by atoms with van der Waals surface area (Å²) in [6.45, 7) is 8.41. The number of carbonyl (C=O) groups excluding carboxylic acids is 1. The van der Waals surface area contributed by atoms with Gasteiger partial charge in [0.2, 0.25) is 0 Å². The van der Waals surface area contributed by atoms with Crippen LogP contribution in [0.3, 0.4) is 0 Å². The van der Waals surface area contributed by atoms with E-state index in [2.05, 4.69) is 27.7 Å². The van der Waals surface area contributed by atoms with E-state index < -0.39 is 0 Å². The topological polar surface area (TPSA) is 35.5 Å². The van der Waals surface area contributed by atoms with Crippen molar-refractivity contribution < 1.29 is 14.3 Å². The number of hydrogen-bond acceptors (Lipinski definition) is 3. The van der Waals surface area contributed by atoms with Gasteiger partial charge in [-0.2, -0.15) is 0 Å². The fourth-order valence-electron chi connectivity index (χ4n) is 3.58. The summed E-state index contributed by atoms with van der Waals surface area (Å²) in [7, 11) is 0. The molecule has 1 heterocycles. The second-order valence-corrected chi connectivity index (χ2v) is 5.97. The molecule has 2 fully saturated rings. The van der Waals surface area contributed by atoms with Gasteiger partial charge in [-0.1, -0.05) is 13.8 Å². The maximum atomic E-state index is 11.9. The van der Waals surface area contributed by atoms with Gasteiger partial charge >= 0.3 is 0 Å². The lowest BCUT2D eigenvalue weighted by atomic mass is 9.61. The molecule has 18 heavy (non-hydrogen) atoms. The Labute approximate surface area is 110 Å². The normalized spacial score (nSPS) is 39.4. The molecule has 0 radical (unpaired) electrons. The molecule has 3 heteroatoms. The minimum absolute atomic E-state index is 0.141. The highest BCUT2D eigenvalue weighted by Crippen LogP contribution is 2.46. The molecule has 1 aliphatic carbocycles. The molecule has 0 spiro atoms. The third-order valence-electron chi connectivity index (χ3n) is 4.82. The number of ether oxygens (including phenoxy) is 2. The first-order valence-corrected chi connectivity index (χ1v) is 7.36. The van der Waals surface area contributed by atoms with Crippen LogP contribution in [0.25, 0.3) is 0 Å². The smallest absolute Gasteiger partial charge is 0.144 e. The van der Waals surface area contributed by atoms with Gasteiger partial charge in [0.05, 0.1) is 29.8 Å². The third-order valence-corrected chi connectivity index (χ3v) is 4.82. The molecule has 2 rings (SSSR count). The van der Waals surface area contributed by atoms with Crippen molar-refractivity contribution in [3.05, 3.63) is 0 Å². The minimum Gasteiger partial charge on any atom is -0.375 e. The lowest BCUT2D eigenvalue weighted by molar-refractivity contribution is -0.188. The second kappa shape index (κ2) is 5.30. The van der Waals surface area contributed by atoms with Gasteiger partial charge in [0.1, 0.15) is 5.78 Å². The predicted octanol–water partition coefficient (Wildman–Crippen LogP) is 3.11. The van der Waals surface area contributed by atoms with E-state index in [0.29, 0.717) is 12.2 Å². The van der Waals surface area contributed by atoms with E-state index in [1.54, 1.807) is 0 Å². The Kier molecular flexibility index (Phi) is 4.12. The lowest BCUT2D eigenvalue weighted by Gasteiger charge is -2.48. The molecule has 0 aromatic rings. The Morgan fingerprint density at radius 2 is 1.78 bits per heavy atom. The van der Waals surface area contributed by atoms with E-state index in [1.165, 1.54) is 0 Å². The molecule has 1 saturated heterocycles. The Bertz CT molecular complexity index is 299. The van der Waals surface area contributed by atoms with Gasteiger partial charge in [-0.3, -0.25) is 4.79 Å². The lowest BCUT2D eigenvalue weighted by Crippen LogP contribution is -2.56. The average molecular weight is 254 g/mol. The standard InChI is InChI=1S/C15H26O3/c1-5-15(6-2)13(16)9-14(15)18-12-7-10(3)17-11(4)8-12/h10-12,14H,5-9H2,1-4H3. The zero-order valence-corrected chi connectivity index (χ0v) is 12.1. The molecular formula is C15H26O3. The zero-order valence-electron chi connectivity index (χ0n) is 12.1. The number of ketones is 1. The van der Waals surface area contributed by atoms with Crippen molar-refractivity contribution in [2.45, 2.75) is 84.2 Å². The van der Waals surface area contributed by atoms with E-state index in [0.717, 1.165) is 25.7 Å². The summed E-state index contributed by atoms with van der Waals surface area (Å²) in [4.78, 5) is 11.9. The van der Waals surface area contributed by atoms with Crippen LogP contribution in [0.15, 0.2) is 0 Å². The number of Topliss-reactive ketones (excluding diaryl/α,β-unsaturated/α-hetero) is 1. The van der Waals surface area contributed by atoms with Crippen LogP contribution in [0.1, 0.15) is 59.8 Å². The molecule has 0 bridgehead atoms. The zero-order chi connectivity index (χ0) is 13.3. The number of rotatable bonds is 4. The van der Waals surface area contributed by atoms with Crippen LogP contribution in [0, 0.1) is 5.41 Å². The molecule has 3 atom stereocenters. The molecule has 1 aliphatic heterocycles. The minimum atomic E-state index is -0.190. The van der Waals surface area contributed by atoms with Crippen molar-refractivity contribution in [2.75, 3.05) is 0 Å². The van der Waals surface area contributed by atoms with Gasteiger partial charge in [0.25, 0.3) is 0 Å². The third kappa shape index (κ3) is 2.35. The molecule has 3 nitrogen and oxygen atoms in total. The van der Waals surface area contributed by atoms with Gasteiger partial charge < -0.3 is 9.47 Å². The van der Waals surface area contributed by atoms with E-state index in [1.807, 2.05) is 0 Å². The molecule has 0 N–H and O–H groups in total. The molecular weight excluding hydrogens is 228 g/mol. The van der Waals surface area contributed by atoms with Crippen LogP contribution < -0.4 is 0 Å². The first-order chi connectivity index (χ1) is 8.51. The molecule has 104 valence electrons. The maximum absolute atomic E-state index is 11.9. The van der Waals surface area contributed by atoms with E-state index in [9.17, 15) is 4.79 Å². The fraction of sp³-hybridized carbons (Fsp3) is 0.933. The van der Waals surface area contributed by atoms with Crippen molar-refractivity contribution in [3.63, 3.8) is 0 Å². The summed E-state index contributed by atoms with van der Waals surface area (Å²) in [5.41, 5.74) is -0.190. The molecule has 0 aromatic carbocycles. The Balaban J connectivity index is 1.95. The van der Waals surface area contributed by atoms with Crippen LogP contribution >= 0.6 is 0 Å². The van der Waals surface area contributed by atoms with Crippen molar-refractivity contribution in [2.24, 2.45) is 5.41 Å². The summed E-state index contributed by atoms with van der Waals surface area (Å²) in [5, 5.41) is 0. The highest BCUT2D eigenvalue weighted by Gasteiger charge is 2.53. The highest BCUT2D eigenvalue weighted by atomic mass is 16.5. The molecule has 0 amide bonds. The van der Waals surface area contributed by atoms with E-state index >= 15 is 0 Å². The second-order valence-electron chi connectivity index (χ2n) is 5.97. The van der Waals surface area contributed by atoms with Gasteiger partial charge in [0.15, 0.2) is 0 Å². The summed E-state index contributed by atoms with van der Waals surface area (Å²) in [6.07, 6.45) is 5.28. The molecule has 2 aliphatic rings. The van der Waals surface area contributed by atoms with Gasteiger partial charge in [-0.25, -0.2) is 0 Å². The van der Waals surface area contributed by atoms with Crippen molar-refractivity contribution >= 4 is 5.78 Å². The Hall–Kier alpha value is -0.410. The number of carbonyl (C=O) groups is 1. The average Bonchev–Trinajstić information content (AvgIpc) is 2.29. The number of hydrogen-bond donors (Lipinski definition) is 0. The largest absolute Gasteiger partial charge is 0.375 e. The van der Waals surface area contributed by atoms with Crippen LogP contribution in [0.5, 0.6) is 0 Å². The first-order valence-electron chi connectivity index (χ1n) is 7.36. The first kappa shape index (κ1) is 14.0. The highest BCUT2D eigenvalue weighted by molar-refractivity contribution is 5.92. The molecule has 1 saturated carbocycles. The Morgan fingerprint density at radius 3 is 2.22 bits per heavy atom. The Morgan fingerprint density at radius 1 is 1.22 bits per heavy atom.